The molecule has 0 radical (unpaired) electrons. The minimum Gasteiger partial charge on any atom is -0.506 e. The maximum Gasteiger partial charge on any atom is 0.133 e. The molecule has 0 aliphatic heterocycles. The second-order valence-corrected chi connectivity index (χ2v) is 3.90. The summed E-state index contributed by atoms with van der Waals surface area (Å²) in [6, 6.07) is 5.24. The van der Waals surface area contributed by atoms with E-state index >= 15 is 0 Å². The first-order valence-corrected chi connectivity index (χ1v) is 4.96. The number of para-hydroxylation sites is 1. The van der Waals surface area contributed by atoms with Crippen molar-refractivity contribution in [3.8, 4) is 5.75 Å². The molecule has 13 heavy (non-hydrogen) atoms. The van der Waals surface area contributed by atoms with Gasteiger partial charge in [0.15, 0.2) is 0 Å². The number of phenols is 1. The summed E-state index contributed by atoms with van der Waals surface area (Å²) in [5.41, 5.74) is 6.52. The third-order valence-electron chi connectivity index (χ3n) is 1.76. The van der Waals surface area contributed by atoms with Gasteiger partial charge in [0.1, 0.15) is 5.75 Å². The van der Waals surface area contributed by atoms with Gasteiger partial charge in [0.25, 0.3) is 0 Å². The van der Waals surface area contributed by atoms with E-state index in [-0.39, 0.29) is 11.8 Å². The number of methoxy groups -OCH3 is 1. The number of hydrogen-bond acceptors (Lipinski definition) is 3. The van der Waals surface area contributed by atoms with Gasteiger partial charge < -0.3 is 15.6 Å². The molecule has 0 aliphatic carbocycles. The van der Waals surface area contributed by atoms with Crippen LogP contribution in [0, 0.1) is 3.57 Å². The van der Waals surface area contributed by atoms with Crippen LogP contribution in [-0.4, -0.2) is 18.8 Å². The second kappa shape index (κ2) is 4.78. The average Bonchev–Trinajstić information content (AvgIpc) is 2.10. The largest absolute Gasteiger partial charge is 0.506 e. The first-order chi connectivity index (χ1) is 6.16. The summed E-state index contributed by atoms with van der Waals surface area (Å²) in [4.78, 5) is 0. The molecule has 0 aromatic heterocycles. The fraction of sp³-hybridized carbons (Fsp3) is 0.333. The maximum absolute atomic E-state index is 9.65. The number of rotatable bonds is 3. The summed E-state index contributed by atoms with van der Waals surface area (Å²) in [6.45, 7) is 0.410. The third-order valence-corrected chi connectivity index (χ3v) is 2.63. The topological polar surface area (TPSA) is 55.5 Å². The lowest BCUT2D eigenvalue weighted by molar-refractivity contribution is 0.179. The van der Waals surface area contributed by atoms with Gasteiger partial charge in [-0.15, -0.1) is 0 Å². The highest BCUT2D eigenvalue weighted by Crippen LogP contribution is 2.27. The van der Waals surface area contributed by atoms with Crippen LogP contribution in [-0.2, 0) is 4.74 Å². The van der Waals surface area contributed by atoms with Gasteiger partial charge in [-0.2, -0.15) is 0 Å². The van der Waals surface area contributed by atoms with Crippen molar-refractivity contribution in [3.05, 3.63) is 27.3 Å². The molecule has 0 amide bonds. The molecule has 0 saturated heterocycles. The lowest BCUT2D eigenvalue weighted by atomic mass is 10.1. The molecular weight excluding hydrogens is 281 g/mol. The van der Waals surface area contributed by atoms with Gasteiger partial charge in [-0.05, 0) is 28.7 Å². The van der Waals surface area contributed by atoms with Gasteiger partial charge in [-0.3, -0.25) is 0 Å². The highest BCUT2D eigenvalue weighted by molar-refractivity contribution is 14.1. The third kappa shape index (κ3) is 2.55. The molecule has 1 aromatic rings. The van der Waals surface area contributed by atoms with Crippen LogP contribution in [0.4, 0.5) is 0 Å². The first kappa shape index (κ1) is 10.7. The zero-order valence-corrected chi connectivity index (χ0v) is 9.48. The lowest BCUT2D eigenvalue weighted by Gasteiger charge is -2.12. The molecule has 0 aliphatic rings. The van der Waals surface area contributed by atoms with E-state index in [0.717, 1.165) is 9.13 Å². The number of ether oxygens (including phenoxy) is 1. The van der Waals surface area contributed by atoms with Gasteiger partial charge in [0.05, 0.1) is 16.2 Å². The van der Waals surface area contributed by atoms with Crippen molar-refractivity contribution in [3.63, 3.8) is 0 Å². The van der Waals surface area contributed by atoms with E-state index in [1.54, 1.807) is 13.2 Å². The molecule has 0 spiro atoms. The predicted molar refractivity (Wildman–Crippen MR) is 59.6 cm³/mol. The van der Waals surface area contributed by atoms with E-state index in [4.69, 9.17) is 10.5 Å². The molecule has 1 atom stereocenters. The van der Waals surface area contributed by atoms with E-state index < -0.39 is 0 Å². The van der Waals surface area contributed by atoms with Crippen LogP contribution >= 0.6 is 22.6 Å². The zero-order valence-electron chi connectivity index (χ0n) is 7.33. The average molecular weight is 293 g/mol. The number of benzene rings is 1. The van der Waals surface area contributed by atoms with Crippen LogP contribution in [0.1, 0.15) is 11.6 Å². The van der Waals surface area contributed by atoms with Crippen LogP contribution in [0.2, 0.25) is 0 Å². The van der Waals surface area contributed by atoms with Gasteiger partial charge >= 0.3 is 0 Å². The zero-order chi connectivity index (χ0) is 9.84. The van der Waals surface area contributed by atoms with Crippen molar-refractivity contribution in [2.45, 2.75) is 6.04 Å². The lowest BCUT2D eigenvalue weighted by Crippen LogP contribution is -2.16. The number of halogens is 1. The molecule has 0 heterocycles. The first-order valence-electron chi connectivity index (χ1n) is 3.88. The quantitative estimate of drug-likeness (QED) is 0.833. The van der Waals surface area contributed by atoms with Crippen LogP contribution in [0.25, 0.3) is 0 Å². The maximum atomic E-state index is 9.65. The monoisotopic (exact) mass is 293 g/mol. The number of phenolic OH excluding ortho intramolecular Hbond substituents is 1. The summed E-state index contributed by atoms with van der Waals surface area (Å²) >= 11 is 2.07. The van der Waals surface area contributed by atoms with Crippen molar-refractivity contribution < 1.29 is 9.84 Å². The van der Waals surface area contributed by atoms with Crippen LogP contribution in [0.15, 0.2) is 18.2 Å². The Kier molecular flexibility index (Phi) is 3.95. The van der Waals surface area contributed by atoms with E-state index in [1.807, 2.05) is 12.1 Å². The smallest absolute Gasteiger partial charge is 0.133 e. The number of aromatic hydroxyl groups is 1. The summed E-state index contributed by atoms with van der Waals surface area (Å²) in [7, 11) is 1.59. The van der Waals surface area contributed by atoms with Crippen molar-refractivity contribution in [2.24, 2.45) is 5.73 Å². The van der Waals surface area contributed by atoms with E-state index in [9.17, 15) is 5.11 Å². The Bertz CT molecular complexity index is 291. The Balaban J connectivity index is 2.93. The highest BCUT2D eigenvalue weighted by atomic mass is 127. The van der Waals surface area contributed by atoms with Crippen molar-refractivity contribution in [2.75, 3.05) is 13.7 Å². The van der Waals surface area contributed by atoms with Gasteiger partial charge in [-0.25, -0.2) is 0 Å². The Morgan fingerprint density at radius 2 is 2.31 bits per heavy atom. The molecule has 4 heteroatoms. The summed E-state index contributed by atoms with van der Waals surface area (Å²) in [5.74, 6) is 0.257. The Labute approximate surface area is 91.0 Å². The van der Waals surface area contributed by atoms with E-state index in [0.29, 0.717) is 6.61 Å². The predicted octanol–water partition coefficient (Wildman–Crippen LogP) is 1.64. The molecule has 3 N–H and O–H groups in total. The standard InChI is InChI=1S/C9H12INO2/c1-13-5-8(11)6-3-2-4-7(10)9(6)12/h2-4,8,12H,5,11H2,1H3/t8-/m1/s1. The minimum atomic E-state index is -0.264. The van der Waals surface area contributed by atoms with Crippen molar-refractivity contribution in [1.29, 1.82) is 0 Å². The molecule has 0 saturated carbocycles. The Morgan fingerprint density at radius 3 is 2.92 bits per heavy atom. The summed E-state index contributed by atoms with van der Waals surface area (Å²) in [6.07, 6.45) is 0. The van der Waals surface area contributed by atoms with Gasteiger partial charge in [0.2, 0.25) is 0 Å². The molecule has 72 valence electrons. The fourth-order valence-corrected chi connectivity index (χ4v) is 1.62. The molecule has 1 rings (SSSR count). The summed E-state index contributed by atoms with van der Waals surface area (Å²) in [5, 5.41) is 9.65. The highest BCUT2D eigenvalue weighted by Gasteiger charge is 2.11. The normalized spacial score (nSPS) is 12.8. The number of hydrogen-bond donors (Lipinski definition) is 2. The molecule has 3 nitrogen and oxygen atoms in total. The van der Waals surface area contributed by atoms with E-state index in [2.05, 4.69) is 22.6 Å². The van der Waals surface area contributed by atoms with Crippen molar-refractivity contribution in [1.82, 2.24) is 0 Å². The second-order valence-electron chi connectivity index (χ2n) is 2.74. The van der Waals surface area contributed by atoms with E-state index in [1.165, 1.54) is 0 Å². The van der Waals surface area contributed by atoms with Crippen LogP contribution in [0.3, 0.4) is 0 Å². The molecule has 1 aromatic carbocycles. The SMILES string of the molecule is COC[C@@H](N)c1cccc(I)c1O. The van der Waals surface area contributed by atoms with Crippen LogP contribution < -0.4 is 5.73 Å². The van der Waals surface area contributed by atoms with Gasteiger partial charge in [0, 0.05) is 12.7 Å². The molecule has 0 bridgehead atoms. The molecular formula is C9H12INO2. The van der Waals surface area contributed by atoms with Gasteiger partial charge in [-0.1, -0.05) is 12.1 Å². The van der Waals surface area contributed by atoms with Crippen LogP contribution in [0.5, 0.6) is 5.75 Å². The minimum absolute atomic E-state index is 0.257. The molecule has 0 fully saturated rings. The summed E-state index contributed by atoms with van der Waals surface area (Å²) < 4.78 is 5.72. The Morgan fingerprint density at radius 1 is 1.62 bits per heavy atom. The van der Waals surface area contributed by atoms with Crippen molar-refractivity contribution >= 4 is 22.6 Å². The molecule has 0 unspecified atom stereocenters. The fourth-order valence-electron chi connectivity index (χ4n) is 1.10. The Hall–Kier alpha value is -0.330. The number of nitrogens with two attached hydrogens (primary N) is 1.